The quantitative estimate of drug-likeness (QED) is 0.563. The van der Waals surface area contributed by atoms with Crippen molar-refractivity contribution in [2.24, 2.45) is 5.84 Å². The SMILES string of the molecule is CSCC(CCc1ccsc1)NN. The van der Waals surface area contributed by atoms with Crippen LogP contribution >= 0.6 is 23.1 Å². The molecule has 0 amide bonds. The van der Waals surface area contributed by atoms with Crippen LogP contribution in [0.25, 0.3) is 0 Å². The summed E-state index contributed by atoms with van der Waals surface area (Å²) in [7, 11) is 0. The summed E-state index contributed by atoms with van der Waals surface area (Å²) >= 11 is 3.59. The standard InChI is InChI=1S/C9H16N2S2/c1-12-7-9(11-10)3-2-8-4-5-13-6-8/h4-6,9,11H,2-3,7,10H2,1H3. The summed E-state index contributed by atoms with van der Waals surface area (Å²) < 4.78 is 0. The van der Waals surface area contributed by atoms with Crippen LogP contribution in [0.2, 0.25) is 0 Å². The Labute approximate surface area is 87.9 Å². The molecule has 1 unspecified atom stereocenters. The van der Waals surface area contributed by atoms with Crippen LogP contribution in [0, 0.1) is 0 Å². The van der Waals surface area contributed by atoms with Gasteiger partial charge in [0.1, 0.15) is 0 Å². The van der Waals surface area contributed by atoms with E-state index in [2.05, 4.69) is 28.5 Å². The van der Waals surface area contributed by atoms with Gasteiger partial charge in [0.2, 0.25) is 0 Å². The molecule has 1 aromatic rings. The number of hydrogen-bond donors (Lipinski definition) is 2. The number of nitrogens with one attached hydrogen (secondary N) is 1. The van der Waals surface area contributed by atoms with Gasteiger partial charge < -0.3 is 0 Å². The number of aryl methyl sites for hydroxylation is 1. The number of rotatable bonds is 6. The number of thiophene rings is 1. The molecule has 13 heavy (non-hydrogen) atoms. The Hall–Kier alpha value is -0.0300. The molecule has 0 aliphatic carbocycles. The van der Waals surface area contributed by atoms with Gasteiger partial charge in [-0.15, -0.1) is 0 Å². The summed E-state index contributed by atoms with van der Waals surface area (Å²) in [4.78, 5) is 0. The Morgan fingerprint density at radius 2 is 2.54 bits per heavy atom. The molecular formula is C9H16N2S2. The minimum absolute atomic E-state index is 0.440. The fourth-order valence-corrected chi connectivity index (χ4v) is 2.56. The van der Waals surface area contributed by atoms with E-state index in [4.69, 9.17) is 5.84 Å². The predicted molar refractivity (Wildman–Crippen MR) is 62.1 cm³/mol. The average Bonchev–Trinajstić information content (AvgIpc) is 2.64. The third-order valence-electron chi connectivity index (χ3n) is 1.97. The first kappa shape index (κ1) is 11.0. The normalized spacial score (nSPS) is 13.1. The number of hydrazine groups is 1. The monoisotopic (exact) mass is 216 g/mol. The molecule has 0 spiro atoms. The zero-order valence-electron chi connectivity index (χ0n) is 7.82. The molecule has 1 atom stereocenters. The molecule has 0 radical (unpaired) electrons. The minimum atomic E-state index is 0.440. The van der Waals surface area contributed by atoms with Crippen molar-refractivity contribution in [3.63, 3.8) is 0 Å². The van der Waals surface area contributed by atoms with Crippen molar-refractivity contribution >= 4 is 23.1 Å². The van der Waals surface area contributed by atoms with E-state index in [9.17, 15) is 0 Å². The molecule has 74 valence electrons. The second kappa shape index (κ2) is 6.43. The molecule has 0 aliphatic rings. The van der Waals surface area contributed by atoms with Crippen molar-refractivity contribution < 1.29 is 0 Å². The lowest BCUT2D eigenvalue weighted by Crippen LogP contribution is -2.37. The molecule has 3 N–H and O–H groups in total. The van der Waals surface area contributed by atoms with Gasteiger partial charge in [0.15, 0.2) is 0 Å². The van der Waals surface area contributed by atoms with Crippen LogP contribution in [0.1, 0.15) is 12.0 Å². The van der Waals surface area contributed by atoms with Gasteiger partial charge in [-0.05, 0) is 41.5 Å². The summed E-state index contributed by atoms with van der Waals surface area (Å²) in [6, 6.07) is 2.62. The van der Waals surface area contributed by atoms with Gasteiger partial charge in [0.25, 0.3) is 0 Å². The van der Waals surface area contributed by atoms with Gasteiger partial charge >= 0.3 is 0 Å². The second-order valence-corrected chi connectivity index (χ2v) is 4.68. The molecular weight excluding hydrogens is 200 g/mol. The number of thioether (sulfide) groups is 1. The maximum absolute atomic E-state index is 5.44. The van der Waals surface area contributed by atoms with Crippen LogP contribution in [0.4, 0.5) is 0 Å². The first-order valence-corrected chi connectivity index (χ1v) is 6.66. The van der Waals surface area contributed by atoms with Crippen molar-refractivity contribution in [2.75, 3.05) is 12.0 Å². The van der Waals surface area contributed by atoms with Crippen LogP contribution < -0.4 is 11.3 Å². The zero-order chi connectivity index (χ0) is 9.52. The molecule has 2 nitrogen and oxygen atoms in total. The van der Waals surface area contributed by atoms with Gasteiger partial charge in [-0.1, -0.05) is 0 Å². The van der Waals surface area contributed by atoms with E-state index < -0.39 is 0 Å². The van der Waals surface area contributed by atoms with Crippen LogP contribution in [0.15, 0.2) is 16.8 Å². The highest BCUT2D eigenvalue weighted by Gasteiger charge is 2.05. The van der Waals surface area contributed by atoms with Gasteiger partial charge in [-0.2, -0.15) is 23.1 Å². The van der Waals surface area contributed by atoms with E-state index in [0.717, 1.165) is 18.6 Å². The van der Waals surface area contributed by atoms with Crippen LogP contribution in [-0.4, -0.2) is 18.1 Å². The summed E-state index contributed by atoms with van der Waals surface area (Å²) in [6.07, 6.45) is 4.35. The lowest BCUT2D eigenvalue weighted by Gasteiger charge is -2.13. The number of hydrogen-bond acceptors (Lipinski definition) is 4. The van der Waals surface area contributed by atoms with Crippen molar-refractivity contribution in [1.82, 2.24) is 5.43 Å². The second-order valence-electron chi connectivity index (χ2n) is 2.99. The molecule has 0 fully saturated rings. The van der Waals surface area contributed by atoms with E-state index in [-0.39, 0.29) is 0 Å². The van der Waals surface area contributed by atoms with Crippen LogP contribution in [0.3, 0.4) is 0 Å². The molecule has 0 saturated carbocycles. The predicted octanol–water partition coefficient (Wildman–Crippen LogP) is 1.88. The van der Waals surface area contributed by atoms with Crippen molar-refractivity contribution in [3.05, 3.63) is 22.4 Å². The maximum atomic E-state index is 5.44. The summed E-state index contributed by atoms with van der Waals surface area (Å²) in [5.74, 6) is 6.52. The van der Waals surface area contributed by atoms with E-state index >= 15 is 0 Å². The Balaban J connectivity index is 2.23. The van der Waals surface area contributed by atoms with Crippen molar-refractivity contribution in [3.8, 4) is 0 Å². The lowest BCUT2D eigenvalue weighted by atomic mass is 10.1. The van der Waals surface area contributed by atoms with Crippen LogP contribution in [-0.2, 0) is 6.42 Å². The third kappa shape index (κ3) is 4.13. The van der Waals surface area contributed by atoms with E-state index in [1.54, 1.807) is 11.3 Å². The van der Waals surface area contributed by atoms with Gasteiger partial charge in [0, 0.05) is 11.8 Å². The van der Waals surface area contributed by atoms with Crippen molar-refractivity contribution in [2.45, 2.75) is 18.9 Å². The van der Waals surface area contributed by atoms with Gasteiger partial charge in [0.05, 0.1) is 0 Å². The Kier molecular flexibility index (Phi) is 5.46. The highest BCUT2D eigenvalue weighted by Crippen LogP contribution is 2.11. The largest absolute Gasteiger partial charge is 0.271 e. The first-order chi connectivity index (χ1) is 6.36. The molecule has 1 rings (SSSR count). The molecule has 0 saturated heterocycles. The highest BCUT2D eigenvalue weighted by molar-refractivity contribution is 7.98. The van der Waals surface area contributed by atoms with Crippen molar-refractivity contribution in [1.29, 1.82) is 0 Å². The van der Waals surface area contributed by atoms with E-state index in [1.165, 1.54) is 5.56 Å². The maximum Gasteiger partial charge on any atom is 0.0304 e. The molecule has 0 aromatic carbocycles. The summed E-state index contributed by atoms with van der Waals surface area (Å²) in [5, 5.41) is 4.32. The Bertz CT molecular complexity index is 211. The molecule has 4 heteroatoms. The van der Waals surface area contributed by atoms with E-state index in [1.807, 2.05) is 11.8 Å². The first-order valence-electron chi connectivity index (χ1n) is 4.33. The van der Waals surface area contributed by atoms with Gasteiger partial charge in [-0.3, -0.25) is 11.3 Å². The Morgan fingerprint density at radius 1 is 1.69 bits per heavy atom. The molecule has 0 bridgehead atoms. The topological polar surface area (TPSA) is 38.0 Å². The third-order valence-corrected chi connectivity index (χ3v) is 3.43. The highest BCUT2D eigenvalue weighted by atomic mass is 32.2. The van der Waals surface area contributed by atoms with Gasteiger partial charge in [-0.25, -0.2) is 0 Å². The fourth-order valence-electron chi connectivity index (χ4n) is 1.19. The van der Waals surface area contributed by atoms with Crippen LogP contribution in [0.5, 0.6) is 0 Å². The smallest absolute Gasteiger partial charge is 0.0304 e. The summed E-state index contributed by atoms with van der Waals surface area (Å²) in [6.45, 7) is 0. The van der Waals surface area contributed by atoms with E-state index in [0.29, 0.717) is 6.04 Å². The zero-order valence-corrected chi connectivity index (χ0v) is 9.46. The summed E-state index contributed by atoms with van der Waals surface area (Å²) in [5.41, 5.74) is 4.27. The molecule has 1 heterocycles. The Morgan fingerprint density at radius 3 is 3.08 bits per heavy atom. The average molecular weight is 216 g/mol. The lowest BCUT2D eigenvalue weighted by molar-refractivity contribution is 0.539. The molecule has 1 aromatic heterocycles. The number of nitrogens with two attached hydrogens (primary N) is 1. The molecule has 0 aliphatic heterocycles. The minimum Gasteiger partial charge on any atom is -0.271 e. The fraction of sp³-hybridized carbons (Fsp3) is 0.556.